The van der Waals surface area contributed by atoms with E-state index in [1.54, 1.807) is 0 Å². The summed E-state index contributed by atoms with van der Waals surface area (Å²) in [6.07, 6.45) is 3.26. The number of aliphatic imine (C=N–C) groups is 1. The number of guanidine groups is 1. The largest absolute Gasteiger partial charge is 0.368 e. The SMILES string of the molecule is CSCCCNC(=NCc1nnc(C)n1C)N1CCN(c2cccc(Cl)c2)CC1. The molecule has 0 bridgehead atoms. The van der Waals surface area contributed by atoms with Crippen LogP contribution in [-0.4, -0.2) is 70.4 Å². The molecule has 2 aromatic rings. The number of aryl methyl sites for hydroxylation is 1. The maximum atomic E-state index is 6.16. The molecule has 29 heavy (non-hydrogen) atoms. The lowest BCUT2D eigenvalue weighted by atomic mass is 10.2. The lowest BCUT2D eigenvalue weighted by molar-refractivity contribution is 0.371. The summed E-state index contributed by atoms with van der Waals surface area (Å²) in [5, 5.41) is 12.7. The molecule has 1 aromatic heterocycles. The standard InChI is InChI=1S/C20H30ClN7S/c1-16-24-25-19(26(16)2)15-23-20(22-8-5-13-29-3)28-11-9-27(10-12-28)18-7-4-6-17(21)14-18/h4,6-7,14H,5,8-13,15H2,1-3H3,(H,22,23). The van der Waals surface area contributed by atoms with E-state index in [2.05, 4.69) is 37.6 Å². The van der Waals surface area contributed by atoms with Crippen LogP contribution in [0.25, 0.3) is 0 Å². The van der Waals surface area contributed by atoms with Gasteiger partial charge in [-0.25, -0.2) is 4.99 Å². The monoisotopic (exact) mass is 435 g/mol. The predicted molar refractivity (Wildman–Crippen MR) is 123 cm³/mol. The lowest BCUT2D eigenvalue weighted by Gasteiger charge is -2.37. The Kier molecular flexibility index (Phi) is 8.06. The van der Waals surface area contributed by atoms with Crippen LogP contribution in [0.15, 0.2) is 29.3 Å². The van der Waals surface area contributed by atoms with Crippen LogP contribution in [0.2, 0.25) is 5.02 Å². The van der Waals surface area contributed by atoms with Gasteiger partial charge in [0.05, 0.1) is 0 Å². The van der Waals surface area contributed by atoms with E-state index in [-0.39, 0.29) is 0 Å². The van der Waals surface area contributed by atoms with E-state index in [1.807, 2.05) is 48.5 Å². The van der Waals surface area contributed by atoms with E-state index >= 15 is 0 Å². The Morgan fingerprint density at radius 2 is 2.03 bits per heavy atom. The molecule has 1 aliphatic heterocycles. The van der Waals surface area contributed by atoms with Gasteiger partial charge in [0.15, 0.2) is 11.8 Å². The van der Waals surface area contributed by atoms with Crippen molar-refractivity contribution in [3.8, 4) is 0 Å². The van der Waals surface area contributed by atoms with Crippen LogP contribution in [0.5, 0.6) is 0 Å². The van der Waals surface area contributed by atoms with Crippen LogP contribution in [0.4, 0.5) is 5.69 Å². The van der Waals surface area contributed by atoms with Crippen molar-refractivity contribution in [1.29, 1.82) is 0 Å². The van der Waals surface area contributed by atoms with E-state index in [4.69, 9.17) is 16.6 Å². The van der Waals surface area contributed by atoms with Crippen LogP contribution in [0.1, 0.15) is 18.1 Å². The average Bonchev–Trinajstić information content (AvgIpc) is 3.05. The summed E-state index contributed by atoms with van der Waals surface area (Å²) in [6.45, 7) is 7.11. The zero-order valence-corrected chi connectivity index (χ0v) is 19.0. The Balaban J connectivity index is 1.64. The number of hydrogen-bond donors (Lipinski definition) is 1. The summed E-state index contributed by atoms with van der Waals surface area (Å²) >= 11 is 8.03. The van der Waals surface area contributed by atoms with Crippen molar-refractivity contribution in [1.82, 2.24) is 25.0 Å². The minimum Gasteiger partial charge on any atom is -0.368 e. The van der Waals surface area contributed by atoms with Gasteiger partial charge in [-0.1, -0.05) is 17.7 Å². The molecule has 0 unspecified atom stereocenters. The second-order valence-electron chi connectivity index (χ2n) is 7.09. The average molecular weight is 436 g/mol. The summed E-state index contributed by atoms with van der Waals surface area (Å²) in [5.74, 6) is 3.88. The zero-order chi connectivity index (χ0) is 20.6. The highest BCUT2D eigenvalue weighted by atomic mass is 35.5. The number of benzene rings is 1. The highest BCUT2D eigenvalue weighted by Gasteiger charge is 2.20. The number of nitrogens with one attached hydrogen (secondary N) is 1. The van der Waals surface area contributed by atoms with E-state index < -0.39 is 0 Å². The van der Waals surface area contributed by atoms with Crippen molar-refractivity contribution in [3.05, 3.63) is 40.9 Å². The van der Waals surface area contributed by atoms with Crippen LogP contribution in [-0.2, 0) is 13.6 Å². The summed E-state index contributed by atoms with van der Waals surface area (Å²) in [5.41, 5.74) is 1.18. The van der Waals surface area contributed by atoms with Gasteiger partial charge in [-0.05, 0) is 43.6 Å². The van der Waals surface area contributed by atoms with Gasteiger partial charge in [-0.2, -0.15) is 11.8 Å². The quantitative estimate of drug-likeness (QED) is 0.410. The lowest BCUT2D eigenvalue weighted by Crippen LogP contribution is -2.52. The van der Waals surface area contributed by atoms with Crippen molar-refractivity contribution in [2.75, 3.05) is 49.6 Å². The number of anilines is 1. The van der Waals surface area contributed by atoms with Gasteiger partial charge < -0.3 is 19.7 Å². The fraction of sp³-hybridized carbons (Fsp3) is 0.550. The highest BCUT2D eigenvalue weighted by molar-refractivity contribution is 7.98. The van der Waals surface area contributed by atoms with Crippen LogP contribution >= 0.6 is 23.4 Å². The van der Waals surface area contributed by atoms with E-state index in [9.17, 15) is 0 Å². The third-order valence-electron chi connectivity index (χ3n) is 5.11. The number of rotatable bonds is 7. The molecule has 0 aliphatic carbocycles. The maximum absolute atomic E-state index is 6.16. The molecule has 158 valence electrons. The third kappa shape index (κ3) is 6.02. The van der Waals surface area contributed by atoms with Crippen molar-refractivity contribution < 1.29 is 0 Å². The molecular formula is C20H30ClN7S. The normalized spacial score (nSPS) is 15.1. The Bertz CT molecular complexity index is 815. The van der Waals surface area contributed by atoms with Crippen molar-refractivity contribution >= 4 is 35.0 Å². The summed E-state index contributed by atoms with van der Waals surface area (Å²) < 4.78 is 1.99. The second kappa shape index (κ2) is 10.7. The van der Waals surface area contributed by atoms with E-state index in [0.717, 1.165) is 67.5 Å². The topological polar surface area (TPSA) is 61.6 Å². The molecule has 1 saturated heterocycles. The van der Waals surface area contributed by atoms with Gasteiger partial charge in [-0.3, -0.25) is 0 Å². The molecule has 0 amide bonds. The predicted octanol–water partition coefficient (Wildman–Crippen LogP) is 2.80. The molecule has 1 aromatic carbocycles. The molecule has 0 spiro atoms. The van der Waals surface area contributed by atoms with Crippen LogP contribution in [0.3, 0.4) is 0 Å². The third-order valence-corrected chi connectivity index (χ3v) is 6.05. The number of nitrogens with zero attached hydrogens (tertiary/aromatic N) is 6. The molecule has 1 fully saturated rings. The van der Waals surface area contributed by atoms with Gasteiger partial charge in [0.25, 0.3) is 0 Å². The van der Waals surface area contributed by atoms with Gasteiger partial charge in [0, 0.05) is 50.5 Å². The van der Waals surface area contributed by atoms with E-state index in [0.29, 0.717) is 6.54 Å². The number of halogens is 1. The first-order valence-electron chi connectivity index (χ1n) is 9.96. The smallest absolute Gasteiger partial charge is 0.194 e. The molecule has 0 saturated carbocycles. The first-order chi connectivity index (χ1) is 14.1. The molecule has 0 radical (unpaired) electrons. The van der Waals surface area contributed by atoms with Crippen LogP contribution < -0.4 is 10.2 Å². The highest BCUT2D eigenvalue weighted by Crippen LogP contribution is 2.20. The number of aromatic nitrogens is 3. The Hall–Kier alpha value is -1.93. The molecule has 1 aliphatic rings. The fourth-order valence-corrected chi connectivity index (χ4v) is 3.89. The molecule has 9 heteroatoms. The zero-order valence-electron chi connectivity index (χ0n) is 17.4. The molecule has 1 N–H and O–H groups in total. The Morgan fingerprint density at radius 3 is 2.69 bits per heavy atom. The number of piperazine rings is 1. The van der Waals surface area contributed by atoms with Crippen molar-refractivity contribution in [3.63, 3.8) is 0 Å². The van der Waals surface area contributed by atoms with Crippen LogP contribution in [0, 0.1) is 6.92 Å². The molecule has 7 nitrogen and oxygen atoms in total. The molecule has 2 heterocycles. The molecular weight excluding hydrogens is 406 g/mol. The number of thioether (sulfide) groups is 1. The Morgan fingerprint density at radius 1 is 1.24 bits per heavy atom. The summed E-state index contributed by atoms with van der Waals surface area (Å²) in [7, 11) is 1.98. The van der Waals surface area contributed by atoms with Gasteiger partial charge in [-0.15, -0.1) is 10.2 Å². The van der Waals surface area contributed by atoms with Gasteiger partial charge >= 0.3 is 0 Å². The second-order valence-corrected chi connectivity index (χ2v) is 8.51. The summed E-state index contributed by atoms with van der Waals surface area (Å²) in [6, 6.07) is 8.07. The van der Waals surface area contributed by atoms with Crippen molar-refractivity contribution in [2.24, 2.45) is 12.0 Å². The summed E-state index contributed by atoms with van der Waals surface area (Å²) in [4.78, 5) is 9.57. The van der Waals surface area contributed by atoms with Gasteiger partial charge in [0.2, 0.25) is 0 Å². The minimum atomic E-state index is 0.525. The Labute approximate surface area is 182 Å². The fourth-order valence-electron chi connectivity index (χ4n) is 3.27. The van der Waals surface area contributed by atoms with E-state index in [1.165, 1.54) is 5.69 Å². The maximum Gasteiger partial charge on any atom is 0.194 e. The molecule has 0 atom stereocenters. The first-order valence-corrected chi connectivity index (χ1v) is 11.7. The van der Waals surface area contributed by atoms with Gasteiger partial charge in [0.1, 0.15) is 12.4 Å². The number of hydrogen-bond acceptors (Lipinski definition) is 5. The first kappa shape index (κ1) is 21.8. The molecule has 3 rings (SSSR count). The minimum absolute atomic E-state index is 0.525. The van der Waals surface area contributed by atoms with Crippen molar-refractivity contribution in [2.45, 2.75) is 19.9 Å².